The van der Waals surface area contributed by atoms with E-state index in [9.17, 15) is 0 Å². The van der Waals surface area contributed by atoms with Gasteiger partial charge in [-0.05, 0) is 59.7 Å². The van der Waals surface area contributed by atoms with Crippen LogP contribution in [0.2, 0.25) is 0 Å². The number of benzene rings is 6. The number of anilines is 3. The Bertz CT molecular complexity index is 2370. The molecular formula is C46H39N3. The molecule has 3 heterocycles. The van der Waals surface area contributed by atoms with Crippen molar-refractivity contribution in [1.82, 2.24) is 9.55 Å². The molecule has 0 saturated heterocycles. The van der Waals surface area contributed by atoms with Crippen molar-refractivity contribution >= 4 is 38.9 Å². The summed E-state index contributed by atoms with van der Waals surface area (Å²) in [6, 6.07) is 58.8. The van der Waals surface area contributed by atoms with Gasteiger partial charge in [0.25, 0.3) is 0 Å². The van der Waals surface area contributed by atoms with Gasteiger partial charge < -0.3 is 9.47 Å². The van der Waals surface area contributed by atoms with E-state index in [0.29, 0.717) is 0 Å². The van der Waals surface area contributed by atoms with Crippen molar-refractivity contribution in [2.24, 2.45) is 0 Å². The van der Waals surface area contributed by atoms with Gasteiger partial charge in [-0.25, -0.2) is 4.98 Å². The molecule has 6 aromatic carbocycles. The van der Waals surface area contributed by atoms with Crippen LogP contribution in [-0.2, 0) is 5.41 Å². The minimum absolute atomic E-state index is 0.230. The fraction of sp³-hybridized carbons (Fsp3) is 0.109. The summed E-state index contributed by atoms with van der Waals surface area (Å²) in [6.45, 7) is 8.72. The van der Waals surface area contributed by atoms with Crippen molar-refractivity contribution < 1.29 is 0 Å². The van der Waals surface area contributed by atoms with Crippen molar-refractivity contribution in [3.63, 3.8) is 0 Å². The molecule has 2 aromatic heterocycles. The fourth-order valence-corrected chi connectivity index (χ4v) is 7.45. The molecule has 0 spiro atoms. The minimum atomic E-state index is -0.230. The molecule has 0 atom stereocenters. The smallest absolute Gasteiger partial charge is 0.0730 e. The second-order valence-corrected chi connectivity index (χ2v) is 12.9. The number of aromatic nitrogens is 2. The number of fused-ring (bicyclic) bond motifs is 5. The van der Waals surface area contributed by atoms with Crippen LogP contribution in [0.5, 0.6) is 0 Å². The Hall–Kier alpha value is -5.93. The van der Waals surface area contributed by atoms with E-state index in [1.54, 1.807) is 0 Å². The Kier molecular flexibility index (Phi) is 7.61. The van der Waals surface area contributed by atoms with E-state index in [2.05, 4.69) is 187 Å². The first kappa shape index (κ1) is 30.4. The van der Waals surface area contributed by atoms with E-state index in [0.717, 1.165) is 28.2 Å². The van der Waals surface area contributed by atoms with Crippen molar-refractivity contribution in [2.75, 3.05) is 4.90 Å². The molecule has 8 aromatic rings. The summed E-state index contributed by atoms with van der Waals surface area (Å²) in [5.41, 5.74) is 13.5. The molecule has 238 valence electrons. The van der Waals surface area contributed by atoms with Gasteiger partial charge in [0, 0.05) is 33.0 Å². The molecule has 3 nitrogen and oxygen atoms in total. The number of rotatable bonds is 4. The Morgan fingerprint density at radius 2 is 1.00 bits per heavy atom. The molecule has 0 bridgehead atoms. The zero-order valence-electron chi connectivity index (χ0n) is 28.4. The largest absolute Gasteiger partial charge is 0.310 e. The monoisotopic (exact) mass is 633 g/mol. The van der Waals surface area contributed by atoms with Crippen LogP contribution in [0, 0.1) is 0 Å². The Morgan fingerprint density at radius 3 is 1.65 bits per heavy atom. The predicted octanol–water partition coefficient (Wildman–Crippen LogP) is 12.6. The third kappa shape index (κ3) is 5.01. The van der Waals surface area contributed by atoms with Crippen LogP contribution in [0.15, 0.2) is 164 Å². The maximum absolute atomic E-state index is 5.21. The van der Waals surface area contributed by atoms with Crippen LogP contribution < -0.4 is 4.90 Å². The van der Waals surface area contributed by atoms with E-state index in [4.69, 9.17) is 4.98 Å². The highest BCUT2D eigenvalue weighted by Crippen LogP contribution is 2.54. The molecule has 0 saturated carbocycles. The molecule has 0 N–H and O–H groups in total. The van der Waals surface area contributed by atoms with Crippen LogP contribution in [0.4, 0.5) is 17.1 Å². The lowest BCUT2D eigenvalue weighted by atomic mass is 9.73. The lowest BCUT2D eigenvalue weighted by Crippen LogP contribution is -2.30. The van der Waals surface area contributed by atoms with Crippen LogP contribution in [-0.4, -0.2) is 9.55 Å². The fourth-order valence-electron chi connectivity index (χ4n) is 7.45. The van der Waals surface area contributed by atoms with E-state index in [-0.39, 0.29) is 5.41 Å². The molecule has 3 heteroatoms. The Labute approximate surface area is 288 Å². The van der Waals surface area contributed by atoms with Crippen molar-refractivity contribution in [1.29, 1.82) is 0 Å². The topological polar surface area (TPSA) is 21.1 Å². The maximum Gasteiger partial charge on any atom is 0.0730 e. The highest BCUT2D eigenvalue weighted by atomic mass is 15.2. The zero-order valence-corrected chi connectivity index (χ0v) is 28.4. The van der Waals surface area contributed by atoms with Gasteiger partial charge in [0.15, 0.2) is 0 Å². The van der Waals surface area contributed by atoms with Gasteiger partial charge in [0.05, 0.1) is 39.5 Å². The predicted molar refractivity (Wildman–Crippen MR) is 208 cm³/mol. The lowest BCUT2D eigenvalue weighted by Gasteiger charge is -2.42. The van der Waals surface area contributed by atoms with Crippen molar-refractivity contribution in [3.05, 3.63) is 175 Å². The minimum Gasteiger partial charge on any atom is -0.310 e. The molecule has 0 aliphatic carbocycles. The SMILES string of the molecule is CC.CC1(C)c2ccccc2N(c2cc(-c3ccccc3)nc(-c3ccccc3)c2)c2cc3c4ccccc4n(-c4ccccc4)c3cc21. The summed E-state index contributed by atoms with van der Waals surface area (Å²) in [5, 5.41) is 2.49. The van der Waals surface area contributed by atoms with Gasteiger partial charge in [-0.1, -0.05) is 143 Å². The number of pyridine rings is 1. The standard InChI is InChI=1S/C44H33N3.C2H6/c1-44(2)36-23-13-15-25-41(36)47(33-26-38(30-16-6-3-7-17-30)45-39(27-33)31-18-8-4-9-19-31)43-28-35-34-22-12-14-24-40(34)46(42(35)29-37(43)44)32-20-10-5-11-21-32;1-2/h3-29H,1-2H3;1-2H3. The van der Waals surface area contributed by atoms with Gasteiger partial charge >= 0.3 is 0 Å². The first-order valence-electron chi connectivity index (χ1n) is 17.2. The van der Waals surface area contributed by atoms with E-state index in [1.807, 2.05) is 13.8 Å². The number of hydrogen-bond acceptors (Lipinski definition) is 2. The number of hydrogen-bond donors (Lipinski definition) is 0. The van der Waals surface area contributed by atoms with Crippen molar-refractivity contribution in [2.45, 2.75) is 33.1 Å². The second kappa shape index (κ2) is 12.3. The summed E-state index contributed by atoms with van der Waals surface area (Å²) >= 11 is 0. The summed E-state index contributed by atoms with van der Waals surface area (Å²) in [6.07, 6.45) is 0. The first-order chi connectivity index (χ1) is 24.1. The van der Waals surface area contributed by atoms with E-state index < -0.39 is 0 Å². The van der Waals surface area contributed by atoms with Gasteiger partial charge in [-0.3, -0.25) is 0 Å². The number of nitrogens with zero attached hydrogens (tertiary/aromatic N) is 3. The first-order valence-corrected chi connectivity index (χ1v) is 17.2. The molecule has 0 amide bonds. The normalized spacial score (nSPS) is 13.0. The molecule has 0 radical (unpaired) electrons. The molecule has 49 heavy (non-hydrogen) atoms. The van der Waals surface area contributed by atoms with Crippen molar-refractivity contribution in [3.8, 4) is 28.2 Å². The summed E-state index contributed by atoms with van der Waals surface area (Å²) < 4.78 is 2.42. The third-order valence-electron chi connectivity index (χ3n) is 9.74. The molecule has 0 fully saturated rings. The number of para-hydroxylation sites is 3. The average molecular weight is 634 g/mol. The molecule has 1 aliphatic heterocycles. The lowest BCUT2D eigenvalue weighted by molar-refractivity contribution is 0.632. The molecular weight excluding hydrogens is 595 g/mol. The van der Waals surface area contributed by atoms with Gasteiger partial charge in [0.2, 0.25) is 0 Å². The van der Waals surface area contributed by atoms with Crippen LogP contribution in [0.3, 0.4) is 0 Å². The van der Waals surface area contributed by atoms with Crippen LogP contribution >= 0.6 is 0 Å². The summed E-state index contributed by atoms with van der Waals surface area (Å²) in [4.78, 5) is 7.67. The highest BCUT2D eigenvalue weighted by Gasteiger charge is 2.38. The van der Waals surface area contributed by atoms with Crippen LogP contribution in [0.1, 0.15) is 38.8 Å². The molecule has 0 unspecified atom stereocenters. The third-order valence-corrected chi connectivity index (χ3v) is 9.74. The van der Waals surface area contributed by atoms with Gasteiger partial charge in [0.1, 0.15) is 0 Å². The second-order valence-electron chi connectivity index (χ2n) is 12.9. The van der Waals surface area contributed by atoms with E-state index in [1.165, 1.54) is 50.0 Å². The molecule has 9 rings (SSSR count). The zero-order chi connectivity index (χ0) is 33.5. The Balaban J connectivity index is 0.00000171. The molecule has 1 aliphatic rings. The van der Waals surface area contributed by atoms with Gasteiger partial charge in [-0.15, -0.1) is 0 Å². The summed E-state index contributed by atoms with van der Waals surface area (Å²) in [7, 11) is 0. The summed E-state index contributed by atoms with van der Waals surface area (Å²) in [5.74, 6) is 0. The van der Waals surface area contributed by atoms with Gasteiger partial charge in [-0.2, -0.15) is 0 Å². The quantitative estimate of drug-likeness (QED) is 0.192. The van der Waals surface area contributed by atoms with Crippen LogP contribution in [0.25, 0.3) is 50.0 Å². The Morgan fingerprint density at radius 1 is 0.449 bits per heavy atom. The van der Waals surface area contributed by atoms with E-state index >= 15 is 0 Å². The highest BCUT2D eigenvalue weighted by molar-refractivity contribution is 6.11. The maximum atomic E-state index is 5.21. The average Bonchev–Trinajstić information content (AvgIpc) is 3.49.